The number of aryl methyl sites for hydroxylation is 1. The van der Waals surface area contributed by atoms with Gasteiger partial charge in [-0.1, -0.05) is 5.21 Å². The second-order valence-electron chi connectivity index (χ2n) is 6.37. The molecule has 1 unspecified atom stereocenters. The van der Waals surface area contributed by atoms with Crippen LogP contribution in [-0.2, 0) is 11.3 Å². The van der Waals surface area contributed by atoms with Crippen molar-refractivity contribution in [3.63, 3.8) is 0 Å². The zero-order valence-corrected chi connectivity index (χ0v) is 13.5. The standard InChI is InChI=1S/C14H21FN4O4/c1-14(2,3)23-13(22)18-7-4-5-9(18)11-10(12(20)21)16-17-19(11)8-6-15/h9H,4-8H2,1-3H3,(H,20,21). The molecule has 1 fully saturated rings. The molecule has 0 bridgehead atoms. The van der Waals surface area contributed by atoms with Crippen molar-refractivity contribution in [2.75, 3.05) is 13.2 Å². The van der Waals surface area contributed by atoms with Crippen LogP contribution in [0.2, 0.25) is 0 Å². The van der Waals surface area contributed by atoms with Crippen LogP contribution in [0.25, 0.3) is 0 Å². The Labute approximate surface area is 133 Å². The van der Waals surface area contributed by atoms with Crippen LogP contribution < -0.4 is 0 Å². The largest absolute Gasteiger partial charge is 0.476 e. The van der Waals surface area contributed by atoms with Crippen molar-refractivity contribution in [3.05, 3.63) is 11.4 Å². The third kappa shape index (κ3) is 3.77. The summed E-state index contributed by atoms with van der Waals surface area (Å²) < 4.78 is 19.3. The van der Waals surface area contributed by atoms with E-state index in [4.69, 9.17) is 4.74 Å². The summed E-state index contributed by atoms with van der Waals surface area (Å²) in [7, 11) is 0. The van der Waals surface area contributed by atoms with Gasteiger partial charge in [-0.2, -0.15) is 0 Å². The summed E-state index contributed by atoms with van der Waals surface area (Å²) in [5, 5.41) is 16.6. The van der Waals surface area contributed by atoms with E-state index >= 15 is 0 Å². The second-order valence-corrected chi connectivity index (χ2v) is 6.37. The fourth-order valence-electron chi connectivity index (χ4n) is 2.64. The normalized spacial score (nSPS) is 18.3. The maximum atomic E-state index is 12.7. The molecule has 0 saturated carbocycles. The van der Waals surface area contributed by atoms with Crippen LogP contribution in [0, 0.1) is 0 Å². The Balaban J connectivity index is 2.34. The number of carbonyl (C=O) groups is 2. The summed E-state index contributed by atoms with van der Waals surface area (Å²) in [6.07, 6.45) is 0.729. The van der Waals surface area contributed by atoms with Gasteiger partial charge in [0.15, 0.2) is 5.69 Å². The van der Waals surface area contributed by atoms with Gasteiger partial charge in [0.05, 0.1) is 18.3 Å². The van der Waals surface area contributed by atoms with E-state index in [-0.39, 0.29) is 17.9 Å². The lowest BCUT2D eigenvalue weighted by Crippen LogP contribution is -2.37. The first kappa shape index (κ1) is 17.2. The third-order valence-corrected chi connectivity index (χ3v) is 3.47. The number of hydrogen-bond donors (Lipinski definition) is 1. The van der Waals surface area contributed by atoms with Gasteiger partial charge in [0, 0.05) is 6.54 Å². The van der Waals surface area contributed by atoms with Crippen molar-refractivity contribution in [2.24, 2.45) is 0 Å². The molecule has 8 nitrogen and oxygen atoms in total. The predicted molar refractivity (Wildman–Crippen MR) is 77.9 cm³/mol. The van der Waals surface area contributed by atoms with E-state index in [1.165, 1.54) is 9.58 Å². The number of nitrogens with zero attached hydrogens (tertiary/aromatic N) is 4. The van der Waals surface area contributed by atoms with Crippen LogP contribution in [0.3, 0.4) is 0 Å². The first-order valence-electron chi connectivity index (χ1n) is 7.47. The van der Waals surface area contributed by atoms with E-state index in [1.807, 2.05) is 0 Å². The fraction of sp³-hybridized carbons (Fsp3) is 0.714. The maximum absolute atomic E-state index is 12.7. The summed E-state index contributed by atoms with van der Waals surface area (Å²) >= 11 is 0. The van der Waals surface area contributed by atoms with Crippen LogP contribution in [0.4, 0.5) is 9.18 Å². The summed E-state index contributed by atoms with van der Waals surface area (Å²) in [4.78, 5) is 25.2. The lowest BCUT2D eigenvalue weighted by Gasteiger charge is -2.28. The van der Waals surface area contributed by atoms with Crippen LogP contribution in [0.1, 0.15) is 55.8 Å². The Morgan fingerprint density at radius 1 is 1.43 bits per heavy atom. The SMILES string of the molecule is CC(C)(C)OC(=O)N1CCCC1c1c(C(=O)O)nnn1CCF. The Bertz CT molecular complexity index is 596. The quantitative estimate of drug-likeness (QED) is 0.908. The van der Waals surface area contributed by atoms with E-state index in [2.05, 4.69) is 10.3 Å². The Kier molecular flexibility index (Phi) is 4.86. The number of alkyl halides is 1. The van der Waals surface area contributed by atoms with Crippen LogP contribution in [0.5, 0.6) is 0 Å². The highest BCUT2D eigenvalue weighted by atomic mass is 19.1. The monoisotopic (exact) mass is 328 g/mol. The number of aromatic carboxylic acids is 1. The smallest absolute Gasteiger partial charge is 0.410 e. The second kappa shape index (κ2) is 6.51. The molecule has 1 amide bonds. The number of halogens is 1. The van der Waals surface area contributed by atoms with Gasteiger partial charge in [0.2, 0.25) is 0 Å². The molecule has 1 aliphatic heterocycles. The van der Waals surface area contributed by atoms with Crippen molar-refractivity contribution in [1.82, 2.24) is 19.9 Å². The third-order valence-electron chi connectivity index (χ3n) is 3.47. The topological polar surface area (TPSA) is 97.6 Å². The summed E-state index contributed by atoms with van der Waals surface area (Å²) in [5.41, 5.74) is -0.658. The first-order chi connectivity index (χ1) is 10.7. The number of amides is 1. The molecule has 0 radical (unpaired) electrons. The highest BCUT2D eigenvalue weighted by Gasteiger charge is 2.38. The van der Waals surface area contributed by atoms with Crippen molar-refractivity contribution in [1.29, 1.82) is 0 Å². The van der Waals surface area contributed by atoms with E-state index in [0.717, 1.165) is 0 Å². The van der Waals surface area contributed by atoms with Crippen molar-refractivity contribution in [3.8, 4) is 0 Å². The van der Waals surface area contributed by atoms with Gasteiger partial charge in [-0.05, 0) is 33.6 Å². The van der Waals surface area contributed by atoms with Gasteiger partial charge in [0.1, 0.15) is 12.3 Å². The molecule has 1 saturated heterocycles. The molecular formula is C14H21FN4O4. The van der Waals surface area contributed by atoms with Crippen LogP contribution >= 0.6 is 0 Å². The molecule has 1 aliphatic rings. The molecule has 1 atom stereocenters. The van der Waals surface area contributed by atoms with Crippen LogP contribution in [-0.4, -0.2) is 55.9 Å². The van der Waals surface area contributed by atoms with Crippen molar-refractivity contribution in [2.45, 2.75) is 51.8 Å². The molecule has 128 valence electrons. The molecule has 0 spiro atoms. The Morgan fingerprint density at radius 2 is 2.13 bits per heavy atom. The number of likely N-dealkylation sites (tertiary alicyclic amines) is 1. The molecule has 1 N–H and O–H groups in total. The van der Waals surface area contributed by atoms with Gasteiger partial charge < -0.3 is 9.84 Å². The Morgan fingerprint density at radius 3 is 2.70 bits per heavy atom. The summed E-state index contributed by atoms with van der Waals surface area (Å²) in [5.74, 6) is -1.25. The highest BCUT2D eigenvalue weighted by molar-refractivity contribution is 5.87. The van der Waals surface area contributed by atoms with Crippen LogP contribution in [0.15, 0.2) is 0 Å². The number of carboxylic acids is 1. The van der Waals surface area contributed by atoms with E-state index < -0.39 is 30.4 Å². The van der Waals surface area contributed by atoms with Gasteiger partial charge >= 0.3 is 12.1 Å². The van der Waals surface area contributed by atoms with Gasteiger partial charge in [-0.3, -0.25) is 4.90 Å². The fourth-order valence-corrected chi connectivity index (χ4v) is 2.64. The molecule has 9 heteroatoms. The van der Waals surface area contributed by atoms with Gasteiger partial charge in [-0.25, -0.2) is 18.7 Å². The number of rotatable bonds is 4. The minimum absolute atomic E-state index is 0.103. The Hall–Kier alpha value is -2.19. The zero-order chi connectivity index (χ0) is 17.2. The maximum Gasteiger partial charge on any atom is 0.410 e. The van der Waals surface area contributed by atoms with Crippen molar-refractivity contribution < 1.29 is 23.8 Å². The van der Waals surface area contributed by atoms with Gasteiger partial charge in [-0.15, -0.1) is 5.10 Å². The van der Waals surface area contributed by atoms with E-state index in [0.29, 0.717) is 19.4 Å². The molecule has 23 heavy (non-hydrogen) atoms. The average molecular weight is 328 g/mol. The number of carbonyl (C=O) groups excluding carboxylic acids is 1. The number of carboxylic acid groups (broad SMARTS) is 1. The summed E-state index contributed by atoms with van der Waals surface area (Å²) in [6.45, 7) is 4.91. The van der Waals surface area contributed by atoms with E-state index in [9.17, 15) is 19.1 Å². The summed E-state index contributed by atoms with van der Waals surface area (Å²) in [6, 6.07) is -0.530. The number of aromatic nitrogens is 3. The number of ether oxygens (including phenoxy) is 1. The molecule has 1 aromatic rings. The predicted octanol–water partition coefficient (Wildman–Crippen LogP) is 2.02. The molecule has 2 heterocycles. The van der Waals surface area contributed by atoms with Gasteiger partial charge in [0.25, 0.3) is 0 Å². The minimum atomic E-state index is -1.25. The van der Waals surface area contributed by atoms with Crippen molar-refractivity contribution >= 4 is 12.1 Å². The molecule has 0 aromatic carbocycles. The molecule has 0 aliphatic carbocycles. The highest BCUT2D eigenvalue weighted by Crippen LogP contribution is 2.34. The lowest BCUT2D eigenvalue weighted by molar-refractivity contribution is 0.0215. The van der Waals surface area contributed by atoms with E-state index in [1.54, 1.807) is 20.8 Å². The minimum Gasteiger partial charge on any atom is -0.476 e. The first-order valence-corrected chi connectivity index (χ1v) is 7.47. The molecular weight excluding hydrogens is 307 g/mol. The number of hydrogen-bond acceptors (Lipinski definition) is 5. The molecule has 1 aromatic heterocycles. The average Bonchev–Trinajstić information content (AvgIpc) is 3.02. The molecule has 2 rings (SSSR count). The zero-order valence-electron chi connectivity index (χ0n) is 13.5. The lowest BCUT2D eigenvalue weighted by atomic mass is 10.1.